The monoisotopic (exact) mass is 453 g/mol. The number of hydrogen-bond donors (Lipinski definition) is 3. The molecule has 1 aromatic carbocycles. The number of hydrogen-bond acceptors (Lipinski definition) is 6. The number of piperazine rings is 1. The maximum Gasteiger partial charge on any atom is 0.241 e. The molecule has 174 valence electrons. The van der Waals surface area contributed by atoms with Crippen molar-refractivity contribution < 1.29 is 18.0 Å². The van der Waals surface area contributed by atoms with Crippen molar-refractivity contribution in [2.45, 2.75) is 51.1 Å². The molecule has 1 saturated heterocycles. The molecule has 3 N–H and O–H groups in total. The first-order chi connectivity index (χ1) is 14.6. The fourth-order valence-corrected chi connectivity index (χ4v) is 4.59. The fourth-order valence-electron chi connectivity index (χ4n) is 3.34. The van der Waals surface area contributed by atoms with Gasteiger partial charge >= 0.3 is 0 Å². The zero-order chi connectivity index (χ0) is 23.0. The van der Waals surface area contributed by atoms with Gasteiger partial charge in [-0.05, 0) is 51.5 Å². The van der Waals surface area contributed by atoms with Crippen LogP contribution < -0.4 is 15.4 Å². The summed E-state index contributed by atoms with van der Waals surface area (Å²) in [6, 6.07) is 5.61. The van der Waals surface area contributed by atoms with E-state index in [1.165, 1.54) is 12.1 Å². The number of rotatable bonds is 10. The average Bonchev–Trinajstić information content (AvgIpc) is 2.71. The van der Waals surface area contributed by atoms with E-state index in [1.54, 1.807) is 26.0 Å². The van der Waals surface area contributed by atoms with E-state index in [9.17, 15) is 18.0 Å². The minimum atomic E-state index is -3.56. The molecule has 1 heterocycles. The molecule has 0 radical (unpaired) electrons. The Morgan fingerprint density at radius 1 is 1.03 bits per heavy atom. The van der Waals surface area contributed by atoms with Gasteiger partial charge < -0.3 is 10.6 Å². The molecule has 1 fully saturated rings. The lowest BCUT2D eigenvalue weighted by Gasteiger charge is -2.37. The van der Waals surface area contributed by atoms with Gasteiger partial charge in [-0.15, -0.1) is 0 Å². The molecule has 1 unspecified atom stereocenters. The van der Waals surface area contributed by atoms with Crippen molar-refractivity contribution in [2.75, 3.05) is 44.6 Å². The SMILES string of the molecule is CCCNC(=O)CN1CCN(C(C)C(=O)Nc2ccc(S(=O)(=O)NC(C)C)cc2)CC1. The zero-order valence-electron chi connectivity index (χ0n) is 18.8. The lowest BCUT2D eigenvalue weighted by Crippen LogP contribution is -2.54. The molecule has 0 spiro atoms. The molecule has 2 amide bonds. The summed E-state index contributed by atoms with van der Waals surface area (Å²) in [5, 5.41) is 5.73. The summed E-state index contributed by atoms with van der Waals surface area (Å²) in [6.45, 7) is 11.3. The normalized spacial score (nSPS) is 16.8. The van der Waals surface area contributed by atoms with Crippen LogP contribution in [-0.2, 0) is 19.6 Å². The Morgan fingerprint density at radius 2 is 1.65 bits per heavy atom. The zero-order valence-corrected chi connectivity index (χ0v) is 19.7. The Bertz CT molecular complexity index is 834. The second kappa shape index (κ2) is 11.6. The van der Waals surface area contributed by atoms with Crippen molar-refractivity contribution in [1.82, 2.24) is 19.8 Å². The van der Waals surface area contributed by atoms with Gasteiger partial charge in [0.1, 0.15) is 0 Å². The summed E-state index contributed by atoms with van der Waals surface area (Å²) in [5.74, 6) is -0.111. The van der Waals surface area contributed by atoms with Gasteiger partial charge in [0.15, 0.2) is 0 Å². The summed E-state index contributed by atoms with van der Waals surface area (Å²) in [6.07, 6.45) is 0.916. The average molecular weight is 454 g/mol. The third-order valence-corrected chi connectivity index (χ3v) is 6.77. The smallest absolute Gasteiger partial charge is 0.241 e. The molecular formula is C21H35N5O4S. The van der Waals surface area contributed by atoms with E-state index in [4.69, 9.17) is 0 Å². The fraction of sp³-hybridized carbons (Fsp3) is 0.619. The molecule has 0 aliphatic carbocycles. The van der Waals surface area contributed by atoms with Crippen LogP contribution in [0.4, 0.5) is 5.69 Å². The molecule has 1 aliphatic rings. The molecule has 1 aliphatic heterocycles. The summed E-state index contributed by atoms with van der Waals surface area (Å²) in [4.78, 5) is 28.9. The van der Waals surface area contributed by atoms with E-state index >= 15 is 0 Å². The van der Waals surface area contributed by atoms with E-state index in [-0.39, 0.29) is 28.8 Å². The molecule has 1 atom stereocenters. The quantitative estimate of drug-likeness (QED) is 0.484. The van der Waals surface area contributed by atoms with E-state index in [2.05, 4.69) is 25.2 Å². The van der Waals surface area contributed by atoms with Gasteiger partial charge in [-0.2, -0.15) is 0 Å². The molecule has 10 heteroatoms. The van der Waals surface area contributed by atoms with Crippen LogP contribution in [0.1, 0.15) is 34.1 Å². The number of nitrogens with one attached hydrogen (secondary N) is 3. The van der Waals surface area contributed by atoms with Crippen molar-refractivity contribution in [2.24, 2.45) is 0 Å². The Hall–Kier alpha value is -2.01. The molecule has 31 heavy (non-hydrogen) atoms. The number of anilines is 1. The van der Waals surface area contributed by atoms with Crippen LogP contribution in [0.5, 0.6) is 0 Å². The highest BCUT2D eigenvalue weighted by Crippen LogP contribution is 2.16. The summed E-state index contributed by atoms with van der Waals surface area (Å²) >= 11 is 0. The third-order valence-electron chi connectivity index (χ3n) is 5.10. The first kappa shape index (κ1) is 25.3. The van der Waals surface area contributed by atoms with Gasteiger partial charge in [0.25, 0.3) is 0 Å². The Balaban J connectivity index is 1.84. The third kappa shape index (κ3) is 7.88. The van der Waals surface area contributed by atoms with Crippen LogP contribution >= 0.6 is 0 Å². The van der Waals surface area contributed by atoms with Crippen LogP contribution in [0.3, 0.4) is 0 Å². The van der Waals surface area contributed by atoms with Gasteiger partial charge in [-0.25, -0.2) is 13.1 Å². The van der Waals surface area contributed by atoms with Crippen LogP contribution in [0.2, 0.25) is 0 Å². The highest BCUT2D eigenvalue weighted by atomic mass is 32.2. The van der Waals surface area contributed by atoms with Crippen molar-refractivity contribution in [1.29, 1.82) is 0 Å². The highest BCUT2D eigenvalue weighted by Gasteiger charge is 2.26. The molecule has 1 aromatic rings. The van der Waals surface area contributed by atoms with Gasteiger partial charge in [0.2, 0.25) is 21.8 Å². The van der Waals surface area contributed by atoms with Crippen molar-refractivity contribution in [3.8, 4) is 0 Å². The molecule has 0 bridgehead atoms. The van der Waals surface area contributed by atoms with Gasteiger partial charge in [-0.1, -0.05) is 6.92 Å². The van der Waals surface area contributed by atoms with E-state index < -0.39 is 10.0 Å². The topological polar surface area (TPSA) is 111 Å². The maximum atomic E-state index is 12.7. The van der Waals surface area contributed by atoms with E-state index in [0.717, 1.165) is 19.5 Å². The molecule has 0 aromatic heterocycles. The number of amides is 2. The van der Waals surface area contributed by atoms with Crippen LogP contribution in [0, 0.1) is 0 Å². The van der Waals surface area contributed by atoms with Gasteiger partial charge in [0, 0.05) is 44.5 Å². The number of benzene rings is 1. The van der Waals surface area contributed by atoms with Gasteiger partial charge in [0.05, 0.1) is 17.5 Å². The summed E-state index contributed by atoms with van der Waals surface area (Å²) in [5.41, 5.74) is 0.548. The standard InChI is InChI=1S/C21H35N5O4S/c1-5-10-22-20(27)15-25-11-13-26(14-12-25)17(4)21(28)23-18-6-8-19(9-7-18)31(29,30)24-16(2)3/h6-9,16-17,24H,5,10-15H2,1-4H3,(H,22,27)(H,23,28). The predicted octanol–water partition coefficient (Wildman–Crippen LogP) is 0.844. The molecule has 2 rings (SSSR count). The lowest BCUT2D eigenvalue weighted by molar-refractivity contribution is -0.124. The van der Waals surface area contributed by atoms with E-state index in [1.807, 2.05) is 13.8 Å². The first-order valence-corrected chi connectivity index (χ1v) is 12.3. The van der Waals surface area contributed by atoms with Crippen molar-refractivity contribution in [3.63, 3.8) is 0 Å². The molecule has 0 saturated carbocycles. The minimum absolute atomic E-state index is 0.0372. The highest BCUT2D eigenvalue weighted by molar-refractivity contribution is 7.89. The summed E-state index contributed by atoms with van der Waals surface area (Å²) < 4.78 is 26.9. The summed E-state index contributed by atoms with van der Waals surface area (Å²) in [7, 11) is -3.56. The maximum absolute atomic E-state index is 12.7. The number of carbonyl (C=O) groups excluding carboxylic acids is 2. The Morgan fingerprint density at radius 3 is 2.19 bits per heavy atom. The largest absolute Gasteiger partial charge is 0.355 e. The molecular weight excluding hydrogens is 418 g/mol. The number of nitrogens with zero attached hydrogens (tertiary/aromatic N) is 2. The predicted molar refractivity (Wildman–Crippen MR) is 121 cm³/mol. The number of carbonyl (C=O) groups is 2. The van der Waals surface area contributed by atoms with Crippen LogP contribution in [0.25, 0.3) is 0 Å². The second-order valence-electron chi connectivity index (χ2n) is 8.13. The van der Waals surface area contributed by atoms with Crippen molar-refractivity contribution >= 4 is 27.5 Å². The van der Waals surface area contributed by atoms with Crippen LogP contribution in [-0.4, -0.2) is 81.4 Å². The lowest BCUT2D eigenvalue weighted by atomic mass is 10.2. The Labute approximate surface area is 185 Å². The first-order valence-electron chi connectivity index (χ1n) is 10.8. The van der Waals surface area contributed by atoms with Crippen LogP contribution in [0.15, 0.2) is 29.2 Å². The van der Waals surface area contributed by atoms with Crippen molar-refractivity contribution in [3.05, 3.63) is 24.3 Å². The second-order valence-corrected chi connectivity index (χ2v) is 9.84. The number of sulfonamides is 1. The van der Waals surface area contributed by atoms with Gasteiger partial charge in [-0.3, -0.25) is 19.4 Å². The Kier molecular flexibility index (Phi) is 9.42. The molecule has 9 nitrogen and oxygen atoms in total. The van der Waals surface area contributed by atoms with E-state index in [0.29, 0.717) is 31.9 Å². The minimum Gasteiger partial charge on any atom is -0.355 e.